The van der Waals surface area contributed by atoms with E-state index in [2.05, 4.69) is 4.93 Å². The van der Waals surface area contributed by atoms with E-state index in [9.17, 15) is 4.39 Å². The van der Waals surface area contributed by atoms with E-state index in [1.165, 1.54) is 15.7 Å². The Bertz CT molecular complexity index is 181. The van der Waals surface area contributed by atoms with E-state index in [1.807, 2.05) is 12.1 Å². The maximum absolute atomic E-state index is 12.2. The van der Waals surface area contributed by atoms with Crippen molar-refractivity contribution in [2.75, 3.05) is 4.93 Å². The van der Waals surface area contributed by atoms with Crippen LogP contribution in [0.3, 0.4) is 0 Å². The van der Waals surface area contributed by atoms with E-state index in [0.29, 0.717) is 0 Å². The predicted octanol–water partition coefficient (Wildman–Crippen LogP) is -1.29. The molecule has 2 heteroatoms. The zero-order valence-electron chi connectivity index (χ0n) is 5.07. The molecule has 0 aliphatic carbocycles. The topological polar surface area (TPSA) is 0 Å². The van der Waals surface area contributed by atoms with Crippen molar-refractivity contribution in [3.05, 3.63) is 33.7 Å². The molecule has 50 valence electrons. The Morgan fingerprint density at radius 1 is 1.22 bits per heavy atom. The van der Waals surface area contributed by atoms with Crippen LogP contribution in [0.1, 0.15) is 0 Å². The van der Waals surface area contributed by atoms with Crippen LogP contribution in [-0.4, -0.2) is 4.93 Å². The van der Waals surface area contributed by atoms with Crippen LogP contribution in [0.4, 0.5) is 4.39 Å². The summed E-state index contributed by atoms with van der Waals surface area (Å²) in [5.41, 5.74) is 0. The third kappa shape index (κ3) is 1.93. The van der Waals surface area contributed by atoms with Gasteiger partial charge in [0.2, 0.25) is 0 Å². The molecule has 0 aliphatic heterocycles. The summed E-state index contributed by atoms with van der Waals surface area (Å²) in [6, 6.07) is 6.72. The van der Waals surface area contributed by atoms with Gasteiger partial charge in [0.25, 0.3) is 0 Å². The molecule has 9 heavy (non-hydrogen) atoms. The molecule has 0 saturated heterocycles. The summed E-state index contributed by atoms with van der Waals surface area (Å²) in [6.45, 7) is 0. The van der Waals surface area contributed by atoms with Crippen LogP contribution in [0.5, 0.6) is 0 Å². The first-order chi connectivity index (χ1) is 4.33. The minimum atomic E-state index is -0.142. The second kappa shape index (κ2) is 3.15. The van der Waals surface area contributed by atoms with Crippen LogP contribution in [-0.2, 0) is 0 Å². The van der Waals surface area contributed by atoms with Crippen LogP contribution < -0.4 is 21.2 Å². The van der Waals surface area contributed by atoms with Gasteiger partial charge in [-0.1, -0.05) is 0 Å². The fourth-order valence-corrected chi connectivity index (χ4v) is 1.63. The van der Waals surface area contributed by atoms with Gasteiger partial charge in [0.15, 0.2) is 0 Å². The zero-order valence-corrected chi connectivity index (χ0v) is 7.22. The van der Waals surface area contributed by atoms with Gasteiger partial charge in [0.1, 0.15) is 0 Å². The van der Waals surface area contributed by atoms with Gasteiger partial charge >= 0.3 is 64.2 Å². The Morgan fingerprint density at radius 3 is 2.22 bits per heavy atom. The SMILES string of the molecule is C[I-]c1ccc(F)cc1. The molecule has 0 atom stereocenters. The molecule has 1 aromatic carbocycles. The molecule has 0 fully saturated rings. The Kier molecular flexibility index (Phi) is 2.45. The number of alkyl halides is 1. The van der Waals surface area contributed by atoms with E-state index in [-0.39, 0.29) is 27.0 Å². The normalized spacial score (nSPS) is 10.0. The molecule has 0 nitrogen and oxygen atoms in total. The van der Waals surface area contributed by atoms with Crippen LogP contribution in [0.2, 0.25) is 0 Å². The average Bonchev–Trinajstić information content (AvgIpc) is 1.90. The Morgan fingerprint density at radius 2 is 1.78 bits per heavy atom. The van der Waals surface area contributed by atoms with Crippen molar-refractivity contribution in [3.63, 3.8) is 0 Å². The third-order valence-corrected chi connectivity index (χ3v) is 2.99. The summed E-state index contributed by atoms with van der Waals surface area (Å²) in [4.78, 5) is 2.16. The first kappa shape index (κ1) is 6.99. The van der Waals surface area contributed by atoms with Crippen LogP contribution in [0, 0.1) is 9.39 Å². The van der Waals surface area contributed by atoms with Gasteiger partial charge in [-0.3, -0.25) is 0 Å². The number of halogens is 2. The molecular formula is C7H7FI-. The minimum absolute atomic E-state index is 0.130. The molecule has 0 bridgehead atoms. The van der Waals surface area contributed by atoms with Gasteiger partial charge in [-0.15, -0.1) is 0 Å². The molecule has 0 saturated carbocycles. The van der Waals surface area contributed by atoms with Gasteiger partial charge < -0.3 is 0 Å². The molecule has 0 amide bonds. The number of hydrogen-bond acceptors (Lipinski definition) is 0. The summed E-state index contributed by atoms with van der Waals surface area (Å²) in [5, 5.41) is 0. The van der Waals surface area contributed by atoms with Crippen molar-refractivity contribution >= 4 is 0 Å². The van der Waals surface area contributed by atoms with Gasteiger partial charge in [0, 0.05) is 0 Å². The van der Waals surface area contributed by atoms with E-state index in [0.717, 1.165) is 0 Å². The quantitative estimate of drug-likeness (QED) is 0.421. The summed E-state index contributed by atoms with van der Waals surface area (Å²) < 4.78 is 13.5. The number of rotatable bonds is 1. The molecule has 1 rings (SSSR count). The number of hydrogen-bond donors (Lipinski definition) is 0. The van der Waals surface area contributed by atoms with Gasteiger partial charge in [-0.05, 0) is 0 Å². The van der Waals surface area contributed by atoms with E-state index in [4.69, 9.17) is 0 Å². The molecular weight excluding hydrogens is 230 g/mol. The average molecular weight is 237 g/mol. The van der Waals surface area contributed by atoms with E-state index in [1.54, 1.807) is 0 Å². The molecule has 0 radical (unpaired) electrons. The standard InChI is InChI=1S/C7H7FI/c1-9-7-4-2-6(8)3-5-7/h2-5H,1H3/q-1. The molecule has 0 N–H and O–H groups in total. The Labute approximate surface area is 64.3 Å². The summed E-state index contributed by atoms with van der Waals surface area (Å²) in [5.74, 6) is -0.142. The first-order valence-electron chi connectivity index (χ1n) is 2.58. The van der Waals surface area contributed by atoms with Crippen molar-refractivity contribution in [1.82, 2.24) is 0 Å². The van der Waals surface area contributed by atoms with Gasteiger partial charge in [0.05, 0.1) is 0 Å². The Balaban J connectivity index is 2.88. The van der Waals surface area contributed by atoms with Gasteiger partial charge in [-0.25, -0.2) is 0 Å². The monoisotopic (exact) mass is 237 g/mol. The zero-order chi connectivity index (χ0) is 6.69. The molecule has 0 aliphatic rings. The van der Waals surface area contributed by atoms with Crippen molar-refractivity contribution in [3.8, 4) is 0 Å². The third-order valence-electron chi connectivity index (χ3n) is 1.02. The van der Waals surface area contributed by atoms with Crippen molar-refractivity contribution in [1.29, 1.82) is 0 Å². The molecule has 0 aromatic heterocycles. The second-order valence-electron chi connectivity index (χ2n) is 1.63. The summed E-state index contributed by atoms with van der Waals surface area (Å²) in [6.07, 6.45) is 0. The van der Waals surface area contributed by atoms with E-state index >= 15 is 0 Å². The predicted molar refractivity (Wildman–Crippen MR) is 31.0 cm³/mol. The van der Waals surface area contributed by atoms with Crippen LogP contribution >= 0.6 is 0 Å². The summed E-state index contributed by atoms with van der Waals surface area (Å²) >= 11 is 0.130. The second-order valence-corrected chi connectivity index (χ2v) is 3.95. The maximum atomic E-state index is 12.2. The fourth-order valence-electron chi connectivity index (χ4n) is 0.556. The molecule has 0 heterocycles. The molecule has 0 spiro atoms. The van der Waals surface area contributed by atoms with Crippen molar-refractivity contribution < 1.29 is 25.6 Å². The summed E-state index contributed by atoms with van der Waals surface area (Å²) in [7, 11) is 0. The van der Waals surface area contributed by atoms with Crippen LogP contribution in [0.15, 0.2) is 24.3 Å². The van der Waals surface area contributed by atoms with Crippen molar-refractivity contribution in [2.45, 2.75) is 0 Å². The van der Waals surface area contributed by atoms with E-state index < -0.39 is 0 Å². The van der Waals surface area contributed by atoms with Crippen molar-refractivity contribution in [2.24, 2.45) is 0 Å². The molecule has 1 aromatic rings. The number of benzene rings is 1. The fraction of sp³-hybridized carbons (Fsp3) is 0.143. The Hall–Kier alpha value is -0.120. The van der Waals surface area contributed by atoms with Gasteiger partial charge in [-0.2, -0.15) is 0 Å². The molecule has 0 unspecified atom stereocenters. The van der Waals surface area contributed by atoms with Crippen LogP contribution in [0.25, 0.3) is 0 Å². The first-order valence-corrected chi connectivity index (χ1v) is 5.81.